The van der Waals surface area contributed by atoms with Gasteiger partial charge >= 0.3 is 0 Å². The maximum atomic E-state index is 12.1. The molecule has 1 rings (SSSR count). The monoisotopic (exact) mass is 343 g/mol. The Bertz CT molecular complexity index is 605. The lowest BCUT2D eigenvalue weighted by molar-refractivity contribution is -0.387. The maximum absolute atomic E-state index is 12.1. The van der Waals surface area contributed by atoms with Crippen molar-refractivity contribution in [3.63, 3.8) is 0 Å². The fourth-order valence-electron chi connectivity index (χ4n) is 1.32. The minimum absolute atomic E-state index is 0. The molecular formula is C10H15Cl2N3O4S. The molecule has 114 valence electrons. The van der Waals surface area contributed by atoms with E-state index in [2.05, 4.69) is 4.72 Å². The molecule has 0 aromatic heterocycles. The van der Waals surface area contributed by atoms with Gasteiger partial charge in [-0.1, -0.05) is 11.6 Å². The molecule has 0 spiro atoms. The van der Waals surface area contributed by atoms with Crippen LogP contribution < -0.4 is 10.5 Å². The summed E-state index contributed by atoms with van der Waals surface area (Å²) in [6, 6.07) is 3.36. The highest BCUT2D eigenvalue weighted by Crippen LogP contribution is 2.27. The third-order valence-corrected chi connectivity index (χ3v) is 4.31. The van der Waals surface area contributed by atoms with E-state index in [1.54, 1.807) is 13.8 Å². The summed E-state index contributed by atoms with van der Waals surface area (Å²) < 4.78 is 26.6. The largest absolute Gasteiger partial charge is 0.329 e. The van der Waals surface area contributed by atoms with Crippen LogP contribution in [0.1, 0.15) is 13.8 Å². The van der Waals surface area contributed by atoms with Gasteiger partial charge in [-0.2, -0.15) is 0 Å². The van der Waals surface area contributed by atoms with Crippen molar-refractivity contribution in [3.8, 4) is 0 Å². The Morgan fingerprint density at radius 3 is 2.45 bits per heavy atom. The van der Waals surface area contributed by atoms with E-state index >= 15 is 0 Å². The van der Waals surface area contributed by atoms with E-state index in [1.807, 2.05) is 0 Å². The van der Waals surface area contributed by atoms with Gasteiger partial charge in [0, 0.05) is 23.2 Å². The number of halogens is 2. The molecule has 10 heteroatoms. The SMILES string of the molecule is CC(C)(CN)NS(=O)(=O)c1ccc(Cl)cc1[N+](=O)[O-].Cl. The molecule has 0 unspecified atom stereocenters. The zero-order valence-corrected chi connectivity index (χ0v) is 13.2. The topological polar surface area (TPSA) is 115 Å². The second-order valence-electron chi connectivity index (χ2n) is 4.56. The molecule has 0 aliphatic heterocycles. The maximum Gasteiger partial charge on any atom is 0.290 e. The Hall–Kier alpha value is -0.930. The van der Waals surface area contributed by atoms with Crippen LogP contribution in [-0.4, -0.2) is 25.4 Å². The minimum atomic E-state index is -4.05. The van der Waals surface area contributed by atoms with Gasteiger partial charge in [-0.3, -0.25) is 10.1 Å². The van der Waals surface area contributed by atoms with Gasteiger partial charge in [0.15, 0.2) is 4.90 Å². The van der Waals surface area contributed by atoms with E-state index in [0.29, 0.717) is 0 Å². The fraction of sp³-hybridized carbons (Fsp3) is 0.400. The smallest absolute Gasteiger partial charge is 0.290 e. The molecule has 0 heterocycles. The van der Waals surface area contributed by atoms with Crippen molar-refractivity contribution in [2.24, 2.45) is 5.73 Å². The van der Waals surface area contributed by atoms with Gasteiger partial charge in [0.05, 0.1) is 4.92 Å². The van der Waals surface area contributed by atoms with Gasteiger partial charge in [-0.15, -0.1) is 12.4 Å². The highest BCUT2D eigenvalue weighted by Gasteiger charge is 2.30. The number of hydrogen-bond donors (Lipinski definition) is 2. The highest BCUT2D eigenvalue weighted by molar-refractivity contribution is 7.89. The second-order valence-corrected chi connectivity index (χ2v) is 6.65. The van der Waals surface area contributed by atoms with Crippen molar-refractivity contribution >= 4 is 39.7 Å². The van der Waals surface area contributed by atoms with Crippen molar-refractivity contribution in [2.75, 3.05) is 6.54 Å². The van der Waals surface area contributed by atoms with Crippen molar-refractivity contribution in [1.29, 1.82) is 0 Å². The molecule has 0 aliphatic rings. The number of nitrogens with two attached hydrogens (primary N) is 1. The molecule has 0 bridgehead atoms. The molecule has 20 heavy (non-hydrogen) atoms. The lowest BCUT2D eigenvalue weighted by atomic mass is 10.1. The van der Waals surface area contributed by atoms with Crippen LogP contribution in [-0.2, 0) is 10.0 Å². The van der Waals surface area contributed by atoms with Gasteiger partial charge in [0.2, 0.25) is 10.0 Å². The Morgan fingerprint density at radius 2 is 2.00 bits per heavy atom. The van der Waals surface area contributed by atoms with E-state index < -0.39 is 31.1 Å². The molecule has 7 nitrogen and oxygen atoms in total. The number of nitro benzene ring substituents is 1. The number of nitrogens with zero attached hydrogens (tertiary/aromatic N) is 1. The van der Waals surface area contributed by atoms with Crippen LogP contribution in [0.25, 0.3) is 0 Å². The summed E-state index contributed by atoms with van der Waals surface area (Å²) in [4.78, 5) is 9.65. The number of nitro groups is 1. The third kappa shape index (κ3) is 4.57. The zero-order chi connectivity index (χ0) is 14.8. The predicted octanol–water partition coefficient (Wildman–Crippen LogP) is 1.69. The third-order valence-electron chi connectivity index (χ3n) is 2.33. The van der Waals surface area contributed by atoms with E-state index in [9.17, 15) is 18.5 Å². The van der Waals surface area contributed by atoms with Gasteiger partial charge in [0.1, 0.15) is 0 Å². The summed E-state index contributed by atoms with van der Waals surface area (Å²) >= 11 is 5.63. The Morgan fingerprint density at radius 1 is 1.45 bits per heavy atom. The molecule has 0 saturated heterocycles. The quantitative estimate of drug-likeness (QED) is 0.623. The molecule has 0 atom stereocenters. The second kappa shape index (κ2) is 6.68. The number of benzene rings is 1. The van der Waals surface area contributed by atoms with E-state index in [1.165, 1.54) is 6.07 Å². The molecule has 1 aromatic carbocycles. The molecule has 0 aliphatic carbocycles. The van der Waals surface area contributed by atoms with Crippen LogP contribution in [0.4, 0.5) is 5.69 Å². The first-order valence-electron chi connectivity index (χ1n) is 5.27. The lowest BCUT2D eigenvalue weighted by Gasteiger charge is -2.23. The Labute approximate surface area is 128 Å². The van der Waals surface area contributed by atoms with Crippen molar-refractivity contribution < 1.29 is 13.3 Å². The van der Waals surface area contributed by atoms with Gasteiger partial charge in [-0.25, -0.2) is 13.1 Å². The average Bonchev–Trinajstić information content (AvgIpc) is 2.27. The number of hydrogen-bond acceptors (Lipinski definition) is 5. The summed E-state index contributed by atoms with van der Waals surface area (Å²) in [5.74, 6) is 0. The summed E-state index contributed by atoms with van der Waals surface area (Å²) in [6.45, 7) is 3.20. The fourth-order valence-corrected chi connectivity index (χ4v) is 3.06. The summed E-state index contributed by atoms with van der Waals surface area (Å²) in [5.41, 5.74) is 3.95. The van der Waals surface area contributed by atoms with Crippen molar-refractivity contribution in [2.45, 2.75) is 24.3 Å². The normalized spacial score (nSPS) is 11.8. The van der Waals surface area contributed by atoms with Crippen LogP contribution in [0.3, 0.4) is 0 Å². The minimum Gasteiger partial charge on any atom is -0.329 e. The predicted molar refractivity (Wildman–Crippen MR) is 78.8 cm³/mol. The van der Waals surface area contributed by atoms with Crippen molar-refractivity contribution in [1.82, 2.24) is 4.72 Å². The Kier molecular flexibility index (Phi) is 6.37. The molecule has 0 fully saturated rings. The average molecular weight is 344 g/mol. The first-order chi connectivity index (χ1) is 8.59. The van der Waals surface area contributed by atoms with Crippen LogP contribution >= 0.6 is 24.0 Å². The number of nitrogens with one attached hydrogen (secondary N) is 1. The standard InChI is InChI=1S/C10H14ClN3O4S.ClH/c1-10(2,6-12)13-19(17,18)9-4-3-7(11)5-8(9)14(15)16;/h3-5,13H,6,12H2,1-2H3;1H. The van der Waals surface area contributed by atoms with Crippen LogP contribution in [0.5, 0.6) is 0 Å². The summed E-state index contributed by atoms with van der Waals surface area (Å²) in [7, 11) is -4.05. The molecule has 1 aromatic rings. The molecule has 0 saturated carbocycles. The van der Waals surface area contributed by atoms with Gasteiger partial charge in [-0.05, 0) is 26.0 Å². The summed E-state index contributed by atoms with van der Waals surface area (Å²) in [6.07, 6.45) is 0. The zero-order valence-electron chi connectivity index (χ0n) is 10.8. The van der Waals surface area contributed by atoms with E-state index in [-0.39, 0.29) is 24.0 Å². The van der Waals surface area contributed by atoms with E-state index in [0.717, 1.165) is 12.1 Å². The van der Waals surface area contributed by atoms with Crippen LogP contribution in [0.2, 0.25) is 5.02 Å². The van der Waals surface area contributed by atoms with Crippen LogP contribution in [0, 0.1) is 10.1 Å². The first-order valence-corrected chi connectivity index (χ1v) is 7.13. The van der Waals surface area contributed by atoms with E-state index in [4.69, 9.17) is 17.3 Å². The van der Waals surface area contributed by atoms with Gasteiger partial charge < -0.3 is 5.73 Å². The van der Waals surface area contributed by atoms with Gasteiger partial charge in [0.25, 0.3) is 5.69 Å². The number of sulfonamides is 1. The van der Waals surface area contributed by atoms with Crippen molar-refractivity contribution in [3.05, 3.63) is 33.3 Å². The first kappa shape index (κ1) is 19.1. The summed E-state index contributed by atoms with van der Waals surface area (Å²) in [5, 5.41) is 11.0. The molecular weight excluding hydrogens is 329 g/mol. The Balaban J connectivity index is 0.00000361. The number of rotatable bonds is 5. The highest BCUT2D eigenvalue weighted by atomic mass is 35.5. The molecule has 0 amide bonds. The van der Waals surface area contributed by atoms with Crippen LogP contribution in [0.15, 0.2) is 23.1 Å². The molecule has 3 N–H and O–H groups in total. The lowest BCUT2D eigenvalue weighted by Crippen LogP contribution is -2.48. The molecule has 0 radical (unpaired) electrons.